The molecule has 6 heteroatoms. The lowest BCUT2D eigenvalue weighted by atomic mass is 10.0. The lowest BCUT2D eigenvalue weighted by Gasteiger charge is -2.29. The summed E-state index contributed by atoms with van der Waals surface area (Å²) >= 11 is 0. The Labute approximate surface area is 88.4 Å². The normalized spacial score (nSPS) is 19.3. The van der Waals surface area contributed by atoms with Gasteiger partial charge < -0.3 is 24.8 Å². The molecule has 0 unspecified atom stereocenters. The van der Waals surface area contributed by atoms with Crippen molar-refractivity contribution in [3.8, 4) is 0 Å². The number of ketones is 1. The van der Waals surface area contributed by atoms with E-state index in [-0.39, 0.29) is 5.78 Å². The predicted octanol–water partition coefficient (Wildman–Crippen LogP) is -1.68. The summed E-state index contributed by atoms with van der Waals surface area (Å²) in [5.41, 5.74) is 0. The molecule has 0 radical (unpaired) electrons. The van der Waals surface area contributed by atoms with Gasteiger partial charge >= 0.3 is 0 Å². The third-order valence-corrected chi connectivity index (χ3v) is 2.14. The van der Waals surface area contributed by atoms with Gasteiger partial charge in [-0.05, 0) is 6.92 Å². The molecule has 0 aromatic heterocycles. The van der Waals surface area contributed by atoms with E-state index in [4.69, 9.17) is 14.6 Å². The van der Waals surface area contributed by atoms with Crippen molar-refractivity contribution in [2.45, 2.75) is 31.3 Å². The van der Waals surface area contributed by atoms with Crippen LogP contribution in [0.2, 0.25) is 0 Å². The second-order valence-electron chi connectivity index (χ2n) is 3.21. The molecular weight excluding hydrogens is 204 g/mol. The maximum absolute atomic E-state index is 11.1. The van der Waals surface area contributed by atoms with E-state index in [1.807, 2.05) is 0 Å². The first kappa shape index (κ1) is 14.5. The van der Waals surface area contributed by atoms with Gasteiger partial charge in [0.25, 0.3) is 0 Å². The second kappa shape index (κ2) is 6.86. The van der Waals surface area contributed by atoms with Crippen molar-refractivity contribution in [2.24, 2.45) is 0 Å². The number of methoxy groups -OCH3 is 2. The van der Waals surface area contributed by atoms with Crippen molar-refractivity contribution in [1.29, 1.82) is 0 Å². The van der Waals surface area contributed by atoms with Crippen molar-refractivity contribution >= 4 is 5.78 Å². The molecule has 0 aliphatic heterocycles. The number of aliphatic hydroxyl groups is 3. The van der Waals surface area contributed by atoms with Crippen LogP contribution >= 0.6 is 0 Å². The Morgan fingerprint density at radius 3 is 2.07 bits per heavy atom. The Morgan fingerprint density at radius 1 is 1.27 bits per heavy atom. The van der Waals surface area contributed by atoms with Crippen LogP contribution < -0.4 is 0 Å². The van der Waals surface area contributed by atoms with E-state index in [0.717, 1.165) is 0 Å². The molecule has 0 amide bonds. The Hall–Kier alpha value is -0.530. The highest BCUT2D eigenvalue weighted by molar-refractivity contribution is 5.81. The van der Waals surface area contributed by atoms with E-state index in [1.54, 1.807) is 0 Å². The molecule has 0 bridgehead atoms. The minimum absolute atomic E-state index is 0.325. The average Bonchev–Trinajstić information content (AvgIpc) is 2.22. The average molecular weight is 222 g/mol. The minimum Gasteiger partial charge on any atom is -0.394 e. The summed E-state index contributed by atoms with van der Waals surface area (Å²) < 4.78 is 9.74. The topological polar surface area (TPSA) is 96.2 Å². The minimum atomic E-state index is -1.38. The van der Waals surface area contributed by atoms with E-state index in [0.29, 0.717) is 0 Å². The number of hydrogen-bond donors (Lipinski definition) is 3. The van der Waals surface area contributed by atoms with E-state index in [2.05, 4.69) is 0 Å². The molecule has 0 aliphatic carbocycles. The fourth-order valence-electron chi connectivity index (χ4n) is 1.30. The molecule has 0 heterocycles. The van der Waals surface area contributed by atoms with Crippen LogP contribution in [-0.2, 0) is 14.3 Å². The van der Waals surface area contributed by atoms with E-state index in [1.165, 1.54) is 21.1 Å². The predicted molar refractivity (Wildman–Crippen MR) is 51.4 cm³/mol. The van der Waals surface area contributed by atoms with E-state index < -0.39 is 31.0 Å². The zero-order valence-electron chi connectivity index (χ0n) is 9.08. The maximum atomic E-state index is 11.1. The quantitative estimate of drug-likeness (QED) is 0.476. The zero-order valence-corrected chi connectivity index (χ0v) is 9.08. The third kappa shape index (κ3) is 3.84. The van der Waals surface area contributed by atoms with Gasteiger partial charge in [0.1, 0.15) is 24.4 Å². The second-order valence-corrected chi connectivity index (χ2v) is 3.21. The first-order valence-electron chi connectivity index (χ1n) is 4.52. The van der Waals surface area contributed by atoms with Crippen molar-refractivity contribution in [2.75, 3.05) is 20.8 Å². The molecule has 0 saturated heterocycles. The first-order valence-corrected chi connectivity index (χ1v) is 4.52. The van der Waals surface area contributed by atoms with Gasteiger partial charge in [-0.1, -0.05) is 0 Å². The highest BCUT2D eigenvalue weighted by Crippen LogP contribution is 2.12. The Morgan fingerprint density at radius 2 is 1.80 bits per heavy atom. The molecular formula is C9H18O6. The summed E-state index contributed by atoms with van der Waals surface area (Å²) in [5.74, 6) is -0.325. The fourth-order valence-corrected chi connectivity index (χ4v) is 1.30. The summed E-state index contributed by atoms with van der Waals surface area (Å²) in [6.07, 6.45) is -4.72. The fraction of sp³-hybridized carbons (Fsp3) is 0.889. The van der Waals surface area contributed by atoms with Gasteiger partial charge in [0.05, 0.1) is 6.61 Å². The van der Waals surface area contributed by atoms with Gasteiger partial charge in [-0.25, -0.2) is 0 Å². The Balaban J connectivity index is 4.64. The molecule has 0 rings (SSSR count). The summed E-state index contributed by atoms with van der Waals surface area (Å²) in [5, 5.41) is 27.4. The van der Waals surface area contributed by atoms with Crippen LogP contribution in [0.25, 0.3) is 0 Å². The lowest BCUT2D eigenvalue weighted by molar-refractivity contribution is -0.155. The number of Topliss-reactive ketones (excluding diaryl/α,β-unsaturated/α-hetero) is 1. The molecule has 90 valence electrons. The monoisotopic (exact) mass is 222 g/mol. The molecule has 3 N–H and O–H groups in total. The number of rotatable bonds is 7. The molecule has 6 nitrogen and oxygen atoms in total. The lowest BCUT2D eigenvalue weighted by Crippen LogP contribution is -2.50. The van der Waals surface area contributed by atoms with Gasteiger partial charge in [-0.15, -0.1) is 0 Å². The van der Waals surface area contributed by atoms with Crippen LogP contribution in [0.3, 0.4) is 0 Å². The number of aliphatic hydroxyl groups excluding tert-OH is 3. The SMILES string of the molecule is CO[C@@H]([C@@H](O)[C@H](O)CO)[C@@H](OC)C(C)=O. The van der Waals surface area contributed by atoms with E-state index in [9.17, 15) is 15.0 Å². The standard InChI is InChI=1S/C9H18O6/c1-5(11)8(14-2)9(15-3)7(13)6(12)4-10/h6-10,12-13H,4H2,1-3H3/t6-,7+,8+,9+/m1/s1. The summed E-state index contributed by atoms with van der Waals surface area (Å²) in [6.45, 7) is 0.674. The third-order valence-electron chi connectivity index (χ3n) is 2.14. The number of ether oxygens (including phenoxy) is 2. The maximum Gasteiger partial charge on any atom is 0.161 e. The van der Waals surface area contributed by atoms with Crippen LogP contribution in [0.5, 0.6) is 0 Å². The van der Waals surface area contributed by atoms with Gasteiger partial charge in [0.2, 0.25) is 0 Å². The van der Waals surface area contributed by atoms with Crippen LogP contribution in [0, 0.1) is 0 Å². The summed E-state index contributed by atoms with van der Waals surface area (Å²) in [4.78, 5) is 11.1. The van der Waals surface area contributed by atoms with Crippen LogP contribution in [0.15, 0.2) is 0 Å². The smallest absolute Gasteiger partial charge is 0.161 e. The molecule has 0 aromatic rings. The Bertz CT molecular complexity index is 195. The van der Waals surface area contributed by atoms with Crippen LogP contribution in [0.4, 0.5) is 0 Å². The van der Waals surface area contributed by atoms with E-state index >= 15 is 0 Å². The Kier molecular flexibility index (Phi) is 6.62. The summed E-state index contributed by atoms with van der Waals surface area (Å²) in [7, 11) is 2.59. The number of carbonyl (C=O) groups is 1. The molecule has 0 aliphatic rings. The number of hydrogen-bond acceptors (Lipinski definition) is 6. The van der Waals surface area contributed by atoms with Crippen LogP contribution in [0.1, 0.15) is 6.92 Å². The number of carbonyl (C=O) groups excluding carboxylic acids is 1. The molecule has 0 spiro atoms. The molecule has 0 aromatic carbocycles. The van der Waals surface area contributed by atoms with Crippen molar-refractivity contribution in [3.05, 3.63) is 0 Å². The molecule has 0 fully saturated rings. The van der Waals surface area contributed by atoms with Gasteiger partial charge in [0.15, 0.2) is 5.78 Å². The van der Waals surface area contributed by atoms with Gasteiger partial charge in [0, 0.05) is 14.2 Å². The molecule has 4 atom stereocenters. The summed E-state index contributed by atoms with van der Waals surface area (Å²) in [6, 6.07) is 0. The highest BCUT2D eigenvalue weighted by Gasteiger charge is 2.35. The van der Waals surface area contributed by atoms with Gasteiger partial charge in [-0.3, -0.25) is 4.79 Å². The zero-order chi connectivity index (χ0) is 12.0. The van der Waals surface area contributed by atoms with Gasteiger partial charge in [-0.2, -0.15) is 0 Å². The van der Waals surface area contributed by atoms with Crippen LogP contribution in [-0.4, -0.2) is 66.3 Å². The molecule has 0 saturated carbocycles. The highest BCUT2D eigenvalue weighted by atomic mass is 16.5. The van der Waals surface area contributed by atoms with Crippen molar-refractivity contribution in [1.82, 2.24) is 0 Å². The van der Waals surface area contributed by atoms with Crippen molar-refractivity contribution < 1.29 is 29.6 Å². The van der Waals surface area contributed by atoms with Crippen molar-refractivity contribution in [3.63, 3.8) is 0 Å². The first-order chi connectivity index (χ1) is 6.99. The molecule has 15 heavy (non-hydrogen) atoms. The largest absolute Gasteiger partial charge is 0.394 e.